The van der Waals surface area contributed by atoms with E-state index in [0.717, 1.165) is 57.8 Å². The molecule has 0 fully saturated rings. The van der Waals surface area contributed by atoms with Crippen LogP contribution in [-0.4, -0.2) is 111 Å². The molecule has 0 bridgehead atoms. The van der Waals surface area contributed by atoms with Gasteiger partial charge in [0.25, 0.3) is 0 Å². The van der Waals surface area contributed by atoms with Gasteiger partial charge >= 0.3 is 23.9 Å². The Morgan fingerprint density at radius 2 is 0.902 bits per heavy atom. The number of ketones is 3. The quantitative estimate of drug-likeness (QED) is 0.0346. The van der Waals surface area contributed by atoms with E-state index in [1.165, 1.54) is 25.7 Å². The average Bonchev–Trinajstić information content (AvgIpc) is 3.19. The number of aliphatic carboxylic acids is 4. The second-order valence-corrected chi connectivity index (χ2v) is 15.8. The molecule has 17 heteroatoms. The van der Waals surface area contributed by atoms with E-state index >= 15 is 0 Å². The highest BCUT2D eigenvalue weighted by Gasteiger charge is 2.27. The van der Waals surface area contributed by atoms with Gasteiger partial charge in [-0.2, -0.15) is 0 Å². The number of carboxylic acid groups (broad SMARTS) is 4. The van der Waals surface area contributed by atoms with Crippen molar-refractivity contribution >= 4 is 53.0 Å². The molecule has 352 valence electrons. The van der Waals surface area contributed by atoms with Gasteiger partial charge in [0.2, 0.25) is 11.8 Å². The molecule has 0 unspecified atom stereocenters. The maximum Gasteiger partial charge on any atom is 0.326 e. The van der Waals surface area contributed by atoms with E-state index in [9.17, 15) is 58.5 Å². The van der Waals surface area contributed by atoms with Crippen molar-refractivity contribution in [1.82, 2.24) is 16.0 Å². The zero-order valence-corrected chi connectivity index (χ0v) is 35.7. The molecule has 17 nitrogen and oxygen atoms in total. The second kappa shape index (κ2) is 37.5. The Hall–Kier alpha value is -4.25. The van der Waals surface area contributed by atoms with Gasteiger partial charge in [0.05, 0.1) is 17.9 Å². The number of rotatable bonds is 42. The fourth-order valence-corrected chi connectivity index (χ4v) is 6.91. The van der Waals surface area contributed by atoms with Crippen LogP contribution in [0.3, 0.4) is 0 Å². The summed E-state index contributed by atoms with van der Waals surface area (Å²) in [5.41, 5.74) is 0. The van der Waals surface area contributed by atoms with Crippen molar-refractivity contribution in [3.8, 4) is 0 Å². The van der Waals surface area contributed by atoms with Crippen LogP contribution in [0.25, 0.3) is 0 Å². The third-order valence-corrected chi connectivity index (χ3v) is 10.7. The van der Waals surface area contributed by atoms with Gasteiger partial charge in [-0.3, -0.25) is 38.4 Å². The summed E-state index contributed by atoms with van der Waals surface area (Å²) in [6, 6.07) is -1.97. The standard InChI is InChI=1S/C43H73N3O14.CH4/c1-44-35(37(50)30-47)19-16-17-27-45-38(51)25-21-31(41(55)56)29-34(49)23-24-36(43(59)60)46-39(52)26-22-32(42(57)58)28-33(48)18-14-12-10-8-6-4-2-3-5-7-9-11-13-15-20-40(53)54;/h31-32,35-36,44,47H,2-30H2,1H3,(H,45,51)(H,46,52)(H,53,54)(H,55,56)(H,57,58)(H,59,60);1H4/t31-,32-,35+,36+;/m1./s1. The summed E-state index contributed by atoms with van der Waals surface area (Å²) in [5.74, 6) is -9.25. The summed E-state index contributed by atoms with van der Waals surface area (Å²) in [4.78, 5) is 107. The van der Waals surface area contributed by atoms with E-state index in [4.69, 9.17) is 10.2 Å². The molecule has 0 aromatic heterocycles. The Morgan fingerprint density at radius 1 is 0.459 bits per heavy atom. The van der Waals surface area contributed by atoms with E-state index in [0.29, 0.717) is 32.2 Å². The van der Waals surface area contributed by atoms with Crippen molar-refractivity contribution in [2.45, 2.75) is 193 Å². The number of carbonyl (C=O) groups excluding carboxylic acids is 5. The smallest absolute Gasteiger partial charge is 0.326 e. The Bertz CT molecular complexity index is 1320. The first kappa shape index (κ1) is 58.8. The van der Waals surface area contributed by atoms with Crippen molar-refractivity contribution < 1.29 is 68.7 Å². The van der Waals surface area contributed by atoms with Crippen molar-refractivity contribution in [2.24, 2.45) is 11.8 Å². The van der Waals surface area contributed by atoms with Crippen molar-refractivity contribution in [3.63, 3.8) is 0 Å². The van der Waals surface area contributed by atoms with Gasteiger partial charge in [0.15, 0.2) is 5.78 Å². The Balaban J connectivity index is 0. The minimum atomic E-state index is -1.48. The topological polar surface area (TPSA) is 291 Å². The molecular formula is C44H77N3O14. The minimum absolute atomic E-state index is 0. The third kappa shape index (κ3) is 33.1. The number of nitrogens with one attached hydrogen (secondary N) is 3. The molecule has 0 spiro atoms. The molecule has 61 heavy (non-hydrogen) atoms. The highest BCUT2D eigenvalue weighted by Crippen LogP contribution is 2.18. The lowest BCUT2D eigenvalue weighted by Gasteiger charge is -2.16. The number of carboxylic acids is 4. The molecular weight excluding hydrogens is 794 g/mol. The number of unbranched alkanes of at least 4 members (excludes halogenated alkanes) is 14. The Morgan fingerprint density at radius 3 is 1.33 bits per heavy atom. The molecule has 0 aliphatic carbocycles. The summed E-state index contributed by atoms with van der Waals surface area (Å²) in [5, 5.41) is 54.2. The molecule has 0 aromatic rings. The van der Waals surface area contributed by atoms with Crippen molar-refractivity contribution in [2.75, 3.05) is 20.2 Å². The predicted octanol–water partition coefficient (Wildman–Crippen LogP) is 5.61. The summed E-state index contributed by atoms with van der Waals surface area (Å²) >= 11 is 0. The van der Waals surface area contributed by atoms with Gasteiger partial charge in [-0.05, 0) is 58.4 Å². The van der Waals surface area contributed by atoms with Crippen LogP contribution in [0, 0.1) is 11.8 Å². The van der Waals surface area contributed by atoms with Gasteiger partial charge in [-0.1, -0.05) is 84.5 Å². The average molecular weight is 872 g/mol. The van der Waals surface area contributed by atoms with Crippen LogP contribution in [0.2, 0.25) is 0 Å². The number of aliphatic hydroxyl groups excluding tert-OH is 1. The first-order valence-electron chi connectivity index (χ1n) is 21.9. The zero-order chi connectivity index (χ0) is 45.1. The number of amides is 2. The molecule has 0 aromatic carbocycles. The number of aliphatic hydroxyl groups is 1. The Kier molecular flexibility index (Phi) is 36.2. The van der Waals surface area contributed by atoms with Crippen molar-refractivity contribution in [3.05, 3.63) is 0 Å². The van der Waals surface area contributed by atoms with E-state index in [1.807, 2.05) is 0 Å². The Labute approximate surface area is 362 Å². The van der Waals surface area contributed by atoms with Crippen LogP contribution in [0.1, 0.15) is 181 Å². The monoisotopic (exact) mass is 872 g/mol. The van der Waals surface area contributed by atoms with E-state index in [2.05, 4.69) is 16.0 Å². The van der Waals surface area contributed by atoms with E-state index in [1.54, 1.807) is 7.05 Å². The minimum Gasteiger partial charge on any atom is -0.481 e. The number of Topliss-reactive ketones (excluding diaryl/α,β-unsaturated/α-hetero) is 3. The maximum atomic E-state index is 12.6. The molecule has 0 heterocycles. The molecule has 4 atom stereocenters. The van der Waals surface area contributed by atoms with Crippen LogP contribution in [0.15, 0.2) is 0 Å². The van der Waals surface area contributed by atoms with Crippen molar-refractivity contribution in [1.29, 1.82) is 0 Å². The van der Waals surface area contributed by atoms with E-state index in [-0.39, 0.29) is 76.8 Å². The highest BCUT2D eigenvalue weighted by atomic mass is 16.4. The number of likely N-dealkylation sites (N-methyl/N-ethyl adjacent to an activating group) is 1. The van der Waals surface area contributed by atoms with Crippen LogP contribution in [0.5, 0.6) is 0 Å². The lowest BCUT2D eigenvalue weighted by Crippen LogP contribution is -2.41. The zero-order valence-electron chi connectivity index (χ0n) is 35.7. The van der Waals surface area contributed by atoms with Gasteiger partial charge in [0, 0.05) is 51.5 Å². The molecule has 0 aliphatic heterocycles. The number of hydrogen-bond acceptors (Lipinski definition) is 11. The third-order valence-electron chi connectivity index (χ3n) is 10.7. The maximum absolute atomic E-state index is 12.6. The highest BCUT2D eigenvalue weighted by molar-refractivity contribution is 5.87. The normalized spacial score (nSPS) is 12.9. The largest absolute Gasteiger partial charge is 0.481 e. The SMILES string of the molecule is C.CN[C@@H](CCCCNC(=O)CC[C@H](CC(=O)CC[C@H](NC(=O)CC[C@H](CC(=O)CCCCCCCCCCCCCCCCC(=O)O)C(=O)O)C(=O)O)C(=O)O)C(=O)CO. The summed E-state index contributed by atoms with van der Waals surface area (Å²) < 4.78 is 0. The van der Waals surface area contributed by atoms with Crippen LogP contribution < -0.4 is 16.0 Å². The van der Waals surface area contributed by atoms with E-state index < -0.39 is 78.4 Å². The summed E-state index contributed by atoms with van der Waals surface area (Å²) in [6.45, 7) is -0.273. The molecule has 0 radical (unpaired) electrons. The fraction of sp³-hybridized carbons (Fsp3) is 0.795. The first-order valence-corrected chi connectivity index (χ1v) is 21.9. The molecule has 0 saturated heterocycles. The lowest BCUT2D eigenvalue weighted by atomic mass is 9.94. The summed E-state index contributed by atoms with van der Waals surface area (Å²) in [7, 11) is 1.61. The molecule has 2 amide bonds. The molecule has 0 aliphatic rings. The van der Waals surface area contributed by atoms with Gasteiger partial charge in [-0.25, -0.2) is 4.79 Å². The first-order chi connectivity index (χ1) is 28.6. The second-order valence-electron chi connectivity index (χ2n) is 15.8. The molecule has 8 N–H and O–H groups in total. The van der Waals surface area contributed by atoms with Crippen LogP contribution in [-0.2, 0) is 43.2 Å². The van der Waals surface area contributed by atoms with Gasteiger partial charge in [0.1, 0.15) is 24.2 Å². The van der Waals surface area contributed by atoms with Crippen LogP contribution in [0.4, 0.5) is 0 Å². The number of hydrogen-bond donors (Lipinski definition) is 8. The molecule has 0 rings (SSSR count). The van der Waals surface area contributed by atoms with Gasteiger partial charge < -0.3 is 41.5 Å². The summed E-state index contributed by atoms with van der Waals surface area (Å²) in [6.07, 6.45) is 14.5. The lowest BCUT2D eigenvalue weighted by molar-refractivity contribution is -0.145. The van der Waals surface area contributed by atoms with Crippen LogP contribution >= 0.6 is 0 Å². The number of carbonyl (C=O) groups is 9. The predicted molar refractivity (Wildman–Crippen MR) is 229 cm³/mol. The van der Waals surface area contributed by atoms with Gasteiger partial charge in [-0.15, -0.1) is 0 Å². The molecule has 0 saturated carbocycles. The fourth-order valence-electron chi connectivity index (χ4n) is 6.91.